The van der Waals surface area contributed by atoms with E-state index in [1.165, 1.54) is 7.11 Å². The van der Waals surface area contributed by atoms with Gasteiger partial charge in [0, 0.05) is 0 Å². The van der Waals surface area contributed by atoms with Crippen LogP contribution < -0.4 is 10.2 Å². The first-order chi connectivity index (χ1) is 12.9. The van der Waals surface area contributed by atoms with E-state index in [1.807, 2.05) is 12.1 Å². The van der Waals surface area contributed by atoms with Crippen LogP contribution in [-0.4, -0.2) is 32.0 Å². The van der Waals surface area contributed by atoms with Gasteiger partial charge in [-0.05, 0) is 57.6 Å². The molecule has 0 aliphatic rings. The number of hydrogen-bond acceptors (Lipinski definition) is 6. The van der Waals surface area contributed by atoms with E-state index in [0.29, 0.717) is 27.9 Å². The second-order valence-electron chi connectivity index (χ2n) is 6.14. The topological polar surface area (TPSA) is 108 Å². The van der Waals surface area contributed by atoms with Crippen LogP contribution in [0.15, 0.2) is 53.5 Å². The summed E-state index contributed by atoms with van der Waals surface area (Å²) in [6.07, 6.45) is 0. The predicted octanol–water partition coefficient (Wildman–Crippen LogP) is 3.18. The fourth-order valence-corrected chi connectivity index (χ4v) is 2.51. The second kappa shape index (κ2) is 7.32. The normalized spacial score (nSPS) is 11.8. The summed E-state index contributed by atoms with van der Waals surface area (Å²) in [5.41, 5.74) is 1.74. The van der Waals surface area contributed by atoms with Crippen molar-refractivity contribution in [1.29, 1.82) is 0 Å². The van der Waals surface area contributed by atoms with Crippen LogP contribution in [0.5, 0.6) is 5.75 Å². The molecule has 0 unspecified atom stereocenters. The van der Waals surface area contributed by atoms with Gasteiger partial charge in [-0.15, -0.1) is 0 Å². The van der Waals surface area contributed by atoms with Crippen molar-refractivity contribution in [3.05, 3.63) is 69.7 Å². The first-order valence-electron chi connectivity index (χ1n) is 8.26. The van der Waals surface area contributed by atoms with E-state index < -0.39 is 10.7 Å². The summed E-state index contributed by atoms with van der Waals surface area (Å²) >= 11 is 0. The number of benzene rings is 2. The highest BCUT2D eigenvalue weighted by molar-refractivity contribution is 5.41. The molecule has 0 radical (unpaired) electrons. The molecule has 1 heterocycles. The molecule has 0 amide bonds. The predicted molar refractivity (Wildman–Crippen MR) is 97.7 cm³/mol. The maximum atomic E-state index is 11.4. The van der Waals surface area contributed by atoms with Gasteiger partial charge in [-0.3, -0.25) is 0 Å². The Bertz CT molecular complexity index is 1020. The van der Waals surface area contributed by atoms with Crippen LogP contribution in [0.1, 0.15) is 25.3 Å². The minimum absolute atomic E-state index is 0.270. The first-order valence-corrected chi connectivity index (χ1v) is 8.26. The largest absolute Gasteiger partial charge is 0.497 e. The molecule has 27 heavy (non-hydrogen) atoms. The lowest BCUT2D eigenvalue weighted by atomic mass is 10.0. The van der Waals surface area contributed by atoms with Crippen LogP contribution in [0.2, 0.25) is 0 Å². The Balaban J connectivity index is 2.11. The van der Waals surface area contributed by atoms with Crippen molar-refractivity contribution in [2.24, 2.45) is 4.99 Å². The molecule has 3 aromatic rings. The lowest BCUT2D eigenvalue weighted by molar-refractivity contribution is -0.391. The maximum absolute atomic E-state index is 11.4. The highest BCUT2D eigenvalue weighted by Crippen LogP contribution is 2.19. The molecule has 0 aliphatic carbocycles. The molecule has 0 saturated heterocycles. The van der Waals surface area contributed by atoms with Crippen molar-refractivity contribution >= 4 is 11.5 Å². The summed E-state index contributed by atoms with van der Waals surface area (Å²) in [6.45, 7) is 4.13. The van der Waals surface area contributed by atoms with E-state index >= 15 is 0 Å². The van der Waals surface area contributed by atoms with Crippen molar-refractivity contribution in [3.8, 4) is 11.4 Å². The number of ether oxygens (including phenoxy) is 1. The number of nitro groups is 1. The van der Waals surface area contributed by atoms with Gasteiger partial charge in [0.05, 0.1) is 17.9 Å². The van der Waals surface area contributed by atoms with Crippen LogP contribution in [0.25, 0.3) is 5.69 Å². The van der Waals surface area contributed by atoms with Crippen LogP contribution in [0, 0.1) is 10.1 Å². The monoisotopic (exact) mass is 369 g/mol. The molecule has 0 fully saturated rings. The van der Waals surface area contributed by atoms with Gasteiger partial charge >= 0.3 is 5.82 Å². The quantitative estimate of drug-likeness (QED) is 0.422. The van der Waals surface area contributed by atoms with Crippen LogP contribution in [-0.2, 0) is 0 Å². The van der Waals surface area contributed by atoms with Gasteiger partial charge < -0.3 is 20.1 Å². The molecule has 0 atom stereocenters. The molecule has 0 bridgehead atoms. The van der Waals surface area contributed by atoms with Gasteiger partial charge in [0.2, 0.25) is 0 Å². The number of hydrogen-bond donors (Lipinski definition) is 1. The van der Waals surface area contributed by atoms with E-state index in [1.54, 1.807) is 36.4 Å². The molecule has 9 heteroatoms. The molecular weight excluding hydrogens is 350 g/mol. The third-order valence-corrected chi connectivity index (χ3v) is 4.03. The van der Waals surface area contributed by atoms with E-state index in [4.69, 9.17) is 4.74 Å². The van der Waals surface area contributed by atoms with E-state index in [0.717, 1.165) is 10.4 Å². The van der Waals surface area contributed by atoms with Gasteiger partial charge in [0.1, 0.15) is 11.4 Å². The van der Waals surface area contributed by atoms with Crippen LogP contribution in [0.4, 0.5) is 11.5 Å². The molecule has 2 aromatic carbocycles. The fourth-order valence-electron chi connectivity index (χ4n) is 2.51. The number of methoxy groups -OCH3 is 1. The summed E-state index contributed by atoms with van der Waals surface area (Å²) in [4.78, 5) is 16.4. The summed E-state index contributed by atoms with van der Waals surface area (Å²) in [6, 6.07) is 13.8. The summed E-state index contributed by atoms with van der Waals surface area (Å²) < 4.78 is 5.08. The molecular formula is C18H19N5O4. The Morgan fingerprint density at radius 2 is 1.78 bits per heavy atom. The van der Waals surface area contributed by atoms with Crippen molar-refractivity contribution in [2.45, 2.75) is 19.8 Å². The number of rotatable bonds is 5. The van der Waals surface area contributed by atoms with Crippen LogP contribution in [0.3, 0.4) is 0 Å². The SMILES string of the molecule is COc1ccc(-n2nc([N+](=O)[O-])c(=Nc3ccc(C(C)C)cc3)n2O)cc1. The zero-order valence-corrected chi connectivity index (χ0v) is 15.1. The summed E-state index contributed by atoms with van der Waals surface area (Å²) in [7, 11) is 1.53. The van der Waals surface area contributed by atoms with E-state index in [2.05, 4.69) is 23.9 Å². The average molecular weight is 369 g/mol. The lowest BCUT2D eigenvalue weighted by Crippen LogP contribution is -2.22. The number of aromatic nitrogens is 3. The molecule has 1 N–H and O–H groups in total. The Hall–Kier alpha value is -3.62. The minimum atomic E-state index is -0.686. The van der Waals surface area contributed by atoms with Gasteiger partial charge in [-0.1, -0.05) is 30.8 Å². The van der Waals surface area contributed by atoms with Crippen molar-refractivity contribution in [2.75, 3.05) is 7.11 Å². The second-order valence-corrected chi connectivity index (χ2v) is 6.14. The van der Waals surface area contributed by atoms with E-state index in [-0.39, 0.29) is 5.49 Å². The summed E-state index contributed by atoms with van der Waals surface area (Å²) in [5, 5.41) is 25.7. The summed E-state index contributed by atoms with van der Waals surface area (Å²) in [5.74, 6) is 0.412. The van der Waals surface area contributed by atoms with Gasteiger partial charge in [-0.25, -0.2) is 4.99 Å². The smallest absolute Gasteiger partial charge is 0.438 e. The van der Waals surface area contributed by atoms with Crippen molar-refractivity contribution in [1.82, 2.24) is 14.7 Å². The molecule has 0 aliphatic heterocycles. The van der Waals surface area contributed by atoms with Gasteiger partial charge in [0.25, 0.3) is 5.49 Å². The highest BCUT2D eigenvalue weighted by Gasteiger charge is 2.24. The zero-order chi connectivity index (χ0) is 19.6. The molecule has 0 saturated carbocycles. The fraction of sp³-hybridized carbons (Fsp3) is 0.222. The Morgan fingerprint density at radius 1 is 1.15 bits per heavy atom. The molecule has 9 nitrogen and oxygen atoms in total. The van der Waals surface area contributed by atoms with Crippen LogP contribution >= 0.6 is 0 Å². The Morgan fingerprint density at radius 3 is 2.30 bits per heavy atom. The third-order valence-electron chi connectivity index (χ3n) is 4.03. The molecule has 3 rings (SSSR count). The molecule has 1 aromatic heterocycles. The Labute approximate surface area is 154 Å². The molecule has 140 valence electrons. The minimum Gasteiger partial charge on any atom is -0.497 e. The zero-order valence-electron chi connectivity index (χ0n) is 15.1. The first kappa shape index (κ1) is 18.2. The Kier molecular flexibility index (Phi) is 4.93. The number of nitrogens with zero attached hydrogens (tertiary/aromatic N) is 5. The molecule has 0 spiro atoms. The maximum Gasteiger partial charge on any atom is 0.438 e. The lowest BCUT2D eigenvalue weighted by Gasteiger charge is -2.04. The highest BCUT2D eigenvalue weighted by atomic mass is 16.6. The third kappa shape index (κ3) is 3.66. The van der Waals surface area contributed by atoms with Gasteiger partial charge in [-0.2, -0.15) is 0 Å². The van der Waals surface area contributed by atoms with Crippen molar-refractivity contribution < 1.29 is 14.9 Å². The van der Waals surface area contributed by atoms with Gasteiger partial charge in [0.15, 0.2) is 0 Å². The average Bonchev–Trinajstić information content (AvgIpc) is 2.99. The van der Waals surface area contributed by atoms with Crippen molar-refractivity contribution in [3.63, 3.8) is 0 Å². The standard InChI is InChI=1S/C18H19N5O4/c1-12(2)13-4-6-14(7-5-13)19-17-18(23(25)26)20-21(22(17)24)15-8-10-16(27-3)11-9-15/h4-12,24H,1-3H3. The van der Waals surface area contributed by atoms with E-state index in [9.17, 15) is 15.3 Å².